The standard InChI is InChI=1S/C12H17N3O2/c16-12(17)9-7-14-15-10(5-6-13-11(9)15)8-3-1-2-4-8/h7-8,10,13H,1-6H2,(H,16,17). The summed E-state index contributed by atoms with van der Waals surface area (Å²) < 4.78 is 1.91. The van der Waals surface area contributed by atoms with Gasteiger partial charge in [0.15, 0.2) is 0 Å². The second kappa shape index (κ2) is 4.05. The largest absolute Gasteiger partial charge is 0.477 e. The zero-order valence-corrected chi connectivity index (χ0v) is 9.72. The van der Waals surface area contributed by atoms with Crippen LogP contribution in [0.4, 0.5) is 5.82 Å². The number of hydrogen-bond acceptors (Lipinski definition) is 3. The van der Waals surface area contributed by atoms with Crippen LogP contribution < -0.4 is 5.32 Å². The van der Waals surface area contributed by atoms with Gasteiger partial charge >= 0.3 is 5.97 Å². The highest BCUT2D eigenvalue weighted by Crippen LogP contribution is 2.39. The van der Waals surface area contributed by atoms with Gasteiger partial charge in [0.2, 0.25) is 0 Å². The molecule has 92 valence electrons. The second-order valence-electron chi connectivity index (χ2n) is 4.98. The van der Waals surface area contributed by atoms with Crippen molar-refractivity contribution < 1.29 is 9.90 Å². The predicted molar refractivity (Wildman–Crippen MR) is 63.3 cm³/mol. The predicted octanol–water partition coefficient (Wildman–Crippen LogP) is 2.13. The van der Waals surface area contributed by atoms with Gasteiger partial charge in [0.05, 0.1) is 12.2 Å². The van der Waals surface area contributed by atoms with Crippen molar-refractivity contribution in [2.45, 2.75) is 38.1 Å². The van der Waals surface area contributed by atoms with Crippen molar-refractivity contribution in [2.24, 2.45) is 5.92 Å². The Kier molecular flexibility index (Phi) is 2.53. The third-order valence-corrected chi connectivity index (χ3v) is 4.02. The van der Waals surface area contributed by atoms with E-state index in [-0.39, 0.29) is 0 Å². The molecule has 2 heterocycles. The van der Waals surface area contributed by atoms with E-state index in [2.05, 4.69) is 10.4 Å². The van der Waals surface area contributed by atoms with Crippen molar-refractivity contribution in [3.8, 4) is 0 Å². The second-order valence-corrected chi connectivity index (χ2v) is 4.98. The molecular weight excluding hydrogens is 218 g/mol. The molecule has 1 atom stereocenters. The number of nitrogens with zero attached hydrogens (tertiary/aromatic N) is 2. The van der Waals surface area contributed by atoms with Crippen LogP contribution in [0.25, 0.3) is 0 Å². The van der Waals surface area contributed by atoms with E-state index < -0.39 is 5.97 Å². The molecule has 1 aromatic heterocycles. The third kappa shape index (κ3) is 1.69. The average molecular weight is 235 g/mol. The maximum atomic E-state index is 11.1. The smallest absolute Gasteiger partial charge is 0.341 e. The summed E-state index contributed by atoms with van der Waals surface area (Å²) in [5.41, 5.74) is 0.299. The molecule has 2 N–H and O–H groups in total. The molecule has 1 aromatic rings. The van der Waals surface area contributed by atoms with Gasteiger partial charge in [-0.05, 0) is 25.2 Å². The zero-order valence-electron chi connectivity index (χ0n) is 9.72. The highest BCUT2D eigenvalue weighted by molar-refractivity contribution is 5.93. The van der Waals surface area contributed by atoms with Crippen molar-refractivity contribution in [2.75, 3.05) is 11.9 Å². The van der Waals surface area contributed by atoms with Crippen molar-refractivity contribution in [1.29, 1.82) is 0 Å². The van der Waals surface area contributed by atoms with E-state index in [4.69, 9.17) is 5.11 Å². The van der Waals surface area contributed by atoms with Crippen molar-refractivity contribution in [3.63, 3.8) is 0 Å². The maximum Gasteiger partial charge on any atom is 0.341 e. The van der Waals surface area contributed by atoms with Gasteiger partial charge in [-0.2, -0.15) is 5.10 Å². The summed E-state index contributed by atoms with van der Waals surface area (Å²) in [5.74, 6) is 0.476. The highest BCUT2D eigenvalue weighted by atomic mass is 16.4. The zero-order chi connectivity index (χ0) is 11.8. The number of aromatic carboxylic acids is 1. The first kappa shape index (κ1) is 10.6. The Morgan fingerprint density at radius 1 is 1.41 bits per heavy atom. The van der Waals surface area contributed by atoms with E-state index in [1.807, 2.05) is 4.68 Å². The topological polar surface area (TPSA) is 67.1 Å². The summed E-state index contributed by atoms with van der Waals surface area (Å²) in [6, 6.07) is 0.391. The van der Waals surface area contributed by atoms with Crippen LogP contribution in [0.5, 0.6) is 0 Å². The Labute approximate surface area is 99.8 Å². The molecule has 0 radical (unpaired) electrons. The Morgan fingerprint density at radius 3 is 2.88 bits per heavy atom. The molecule has 0 aromatic carbocycles. The lowest BCUT2D eigenvalue weighted by Crippen LogP contribution is -2.28. The maximum absolute atomic E-state index is 11.1. The number of carbonyl (C=O) groups is 1. The molecule has 0 bridgehead atoms. The quantitative estimate of drug-likeness (QED) is 0.824. The molecule has 5 heteroatoms. The molecule has 1 aliphatic carbocycles. The monoisotopic (exact) mass is 235 g/mol. The molecule has 1 aliphatic heterocycles. The molecule has 1 saturated carbocycles. The Hall–Kier alpha value is -1.52. The molecule has 0 amide bonds. The molecule has 0 spiro atoms. The van der Waals surface area contributed by atoms with Crippen LogP contribution in [0.1, 0.15) is 48.5 Å². The summed E-state index contributed by atoms with van der Waals surface area (Å²) >= 11 is 0. The first-order valence-electron chi connectivity index (χ1n) is 6.32. The first-order chi connectivity index (χ1) is 8.27. The van der Waals surface area contributed by atoms with Crippen LogP contribution in [0.2, 0.25) is 0 Å². The van der Waals surface area contributed by atoms with Crippen molar-refractivity contribution in [1.82, 2.24) is 9.78 Å². The van der Waals surface area contributed by atoms with E-state index in [0.717, 1.165) is 13.0 Å². The number of anilines is 1. The molecule has 2 aliphatic rings. The Morgan fingerprint density at radius 2 is 2.18 bits per heavy atom. The normalized spacial score (nSPS) is 24.4. The Bertz CT molecular complexity index is 435. The number of nitrogens with one attached hydrogen (secondary N) is 1. The summed E-state index contributed by atoms with van der Waals surface area (Å²) in [6.07, 6.45) is 7.64. The minimum Gasteiger partial charge on any atom is -0.477 e. The highest BCUT2D eigenvalue weighted by Gasteiger charge is 2.32. The Balaban J connectivity index is 1.94. The van der Waals surface area contributed by atoms with Gasteiger partial charge in [-0.25, -0.2) is 9.48 Å². The number of carboxylic acid groups (broad SMARTS) is 1. The van der Waals surface area contributed by atoms with E-state index in [1.54, 1.807) is 0 Å². The van der Waals surface area contributed by atoms with E-state index in [1.165, 1.54) is 31.9 Å². The van der Waals surface area contributed by atoms with Gasteiger partial charge in [-0.15, -0.1) is 0 Å². The van der Waals surface area contributed by atoms with Crippen LogP contribution >= 0.6 is 0 Å². The fourth-order valence-electron chi connectivity index (χ4n) is 3.18. The van der Waals surface area contributed by atoms with E-state index >= 15 is 0 Å². The van der Waals surface area contributed by atoms with E-state index in [9.17, 15) is 4.79 Å². The van der Waals surface area contributed by atoms with Gasteiger partial charge < -0.3 is 10.4 Å². The average Bonchev–Trinajstić information content (AvgIpc) is 2.97. The van der Waals surface area contributed by atoms with Crippen molar-refractivity contribution in [3.05, 3.63) is 11.8 Å². The van der Waals surface area contributed by atoms with Crippen LogP contribution in [0, 0.1) is 5.92 Å². The van der Waals surface area contributed by atoms with Gasteiger partial charge in [0.25, 0.3) is 0 Å². The lowest BCUT2D eigenvalue weighted by Gasteiger charge is -2.30. The van der Waals surface area contributed by atoms with Gasteiger partial charge in [0, 0.05) is 6.54 Å². The molecular formula is C12H17N3O2. The molecule has 3 rings (SSSR count). The minimum atomic E-state index is -0.897. The minimum absolute atomic E-state index is 0.299. The van der Waals surface area contributed by atoms with Gasteiger partial charge in [-0.1, -0.05) is 12.8 Å². The number of hydrogen-bond donors (Lipinski definition) is 2. The number of fused-ring (bicyclic) bond motifs is 1. The molecule has 0 saturated heterocycles. The molecule has 1 fully saturated rings. The number of aromatic nitrogens is 2. The summed E-state index contributed by atoms with van der Waals surface area (Å²) in [5, 5.41) is 16.5. The van der Waals surface area contributed by atoms with Crippen LogP contribution in [-0.2, 0) is 0 Å². The summed E-state index contributed by atoms with van der Waals surface area (Å²) in [6.45, 7) is 0.854. The first-order valence-corrected chi connectivity index (χ1v) is 6.32. The fourth-order valence-corrected chi connectivity index (χ4v) is 3.18. The summed E-state index contributed by atoms with van der Waals surface area (Å²) in [4.78, 5) is 11.1. The molecule has 17 heavy (non-hydrogen) atoms. The van der Waals surface area contributed by atoms with Crippen LogP contribution in [-0.4, -0.2) is 27.4 Å². The number of rotatable bonds is 2. The number of carboxylic acids is 1. The van der Waals surface area contributed by atoms with Gasteiger partial charge in [-0.3, -0.25) is 0 Å². The lowest BCUT2D eigenvalue weighted by molar-refractivity contribution is 0.0697. The van der Waals surface area contributed by atoms with E-state index in [0.29, 0.717) is 23.3 Å². The van der Waals surface area contributed by atoms with Crippen LogP contribution in [0.15, 0.2) is 6.20 Å². The molecule has 5 nitrogen and oxygen atoms in total. The van der Waals surface area contributed by atoms with Crippen LogP contribution in [0.3, 0.4) is 0 Å². The molecule has 1 unspecified atom stereocenters. The van der Waals surface area contributed by atoms with Gasteiger partial charge in [0.1, 0.15) is 11.4 Å². The fraction of sp³-hybridized carbons (Fsp3) is 0.667. The lowest BCUT2D eigenvalue weighted by atomic mass is 9.94. The summed E-state index contributed by atoms with van der Waals surface area (Å²) in [7, 11) is 0. The van der Waals surface area contributed by atoms with Crippen molar-refractivity contribution >= 4 is 11.8 Å². The third-order valence-electron chi connectivity index (χ3n) is 4.02. The SMILES string of the molecule is O=C(O)c1cnn2c1NCCC2C1CCCC1.